The highest BCUT2D eigenvalue weighted by molar-refractivity contribution is 7.99. The molecule has 2 rings (SSSR count). The fourth-order valence-corrected chi connectivity index (χ4v) is 2.61. The van der Waals surface area contributed by atoms with Crippen LogP contribution in [0.4, 0.5) is 0 Å². The van der Waals surface area contributed by atoms with Crippen LogP contribution >= 0.6 is 11.8 Å². The second-order valence-electron chi connectivity index (χ2n) is 4.39. The molecule has 0 spiro atoms. The molecule has 0 saturated heterocycles. The Labute approximate surface area is 107 Å². The molecule has 0 atom stereocenters. The Balaban J connectivity index is 1.56. The first-order valence-electron chi connectivity index (χ1n) is 6.32. The summed E-state index contributed by atoms with van der Waals surface area (Å²) in [6.07, 6.45) is 7.43. The highest BCUT2D eigenvalue weighted by atomic mass is 32.2. The van der Waals surface area contributed by atoms with Crippen molar-refractivity contribution in [1.29, 1.82) is 0 Å². The molecular formula is C12H21N3OS. The Kier molecular flexibility index (Phi) is 5.35. The molecule has 4 nitrogen and oxygen atoms in total. The van der Waals surface area contributed by atoms with E-state index in [4.69, 9.17) is 5.11 Å². The van der Waals surface area contributed by atoms with E-state index < -0.39 is 0 Å². The molecule has 1 heterocycles. The van der Waals surface area contributed by atoms with Crippen molar-refractivity contribution in [3.8, 4) is 0 Å². The van der Waals surface area contributed by atoms with Gasteiger partial charge in [0.2, 0.25) is 0 Å². The lowest BCUT2D eigenvalue weighted by molar-refractivity contribution is 0.296. The quantitative estimate of drug-likeness (QED) is 0.655. The van der Waals surface area contributed by atoms with E-state index in [9.17, 15) is 0 Å². The summed E-state index contributed by atoms with van der Waals surface area (Å²) in [5.74, 6) is 2.16. The number of rotatable bonds is 9. The molecule has 0 amide bonds. The summed E-state index contributed by atoms with van der Waals surface area (Å²) in [7, 11) is 0. The average molecular weight is 255 g/mol. The highest BCUT2D eigenvalue weighted by Gasteiger charge is 2.24. The van der Waals surface area contributed by atoms with Gasteiger partial charge in [0.15, 0.2) is 0 Å². The maximum Gasteiger partial charge on any atom is 0.0951 e. The van der Waals surface area contributed by atoms with Gasteiger partial charge in [-0.2, -0.15) is 11.8 Å². The van der Waals surface area contributed by atoms with E-state index in [0.717, 1.165) is 31.0 Å². The molecule has 5 heteroatoms. The minimum Gasteiger partial charge on any atom is -0.396 e. The van der Waals surface area contributed by atoms with Crippen LogP contribution in [0.15, 0.2) is 12.5 Å². The van der Waals surface area contributed by atoms with Gasteiger partial charge in [-0.1, -0.05) is 0 Å². The number of aliphatic hydroxyl groups is 1. The topological polar surface area (TPSA) is 50.1 Å². The van der Waals surface area contributed by atoms with Gasteiger partial charge in [-0.3, -0.25) is 0 Å². The minimum absolute atomic E-state index is 0.307. The molecule has 96 valence electrons. The molecule has 0 bridgehead atoms. The SMILES string of the molecule is OCCCSCCNCc1cncn1C1CC1. The van der Waals surface area contributed by atoms with Gasteiger partial charge >= 0.3 is 0 Å². The summed E-state index contributed by atoms with van der Waals surface area (Å²) in [4.78, 5) is 4.21. The fourth-order valence-electron chi connectivity index (χ4n) is 1.78. The molecule has 1 aliphatic rings. The van der Waals surface area contributed by atoms with Crippen LogP contribution in [0.25, 0.3) is 0 Å². The Morgan fingerprint density at radius 2 is 2.35 bits per heavy atom. The number of imidazole rings is 1. The van der Waals surface area contributed by atoms with Crippen LogP contribution in [-0.2, 0) is 6.54 Å². The Morgan fingerprint density at radius 1 is 1.47 bits per heavy atom. The number of hydrogen-bond acceptors (Lipinski definition) is 4. The summed E-state index contributed by atoms with van der Waals surface area (Å²) < 4.78 is 2.30. The van der Waals surface area contributed by atoms with Gasteiger partial charge in [-0.15, -0.1) is 0 Å². The third kappa shape index (κ3) is 4.33. The summed E-state index contributed by atoms with van der Waals surface area (Å²) in [6, 6.07) is 0.716. The summed E-state index contributed by atoms with van der Waals surface area (Å²) in [5, 5.41) is 12.1. The molecular weight excluding hydrogens is 234 g/mol. The molecule has 1 fully saturated rings. The van der Waals surface area contributed by atoms with Crippen molar-refractivity contribution in [3.63, 3.8) is 0 Å². The Bertz CT molecular complexity index is 325. The molecule has 1 aromatic heterocycles. The number of hydrogen-bond donors (Lipinski definition) is 2. The van der Waals surface area contributed by atoms with Crippen molar-refractivity contribution in [3.05, 3.63) is 18.2 Å². The van der Waals surface area contributed by atoms with Gasteiger partial charge in [-0.05, 0) is 25.0 Å². The van der Waals surface area contributed by atoms with Gasteiger partial charge < -0.3 is 15.0 Å². The number of aromatic nitrogens is 2. The monoisotopic (exact) mass is 255 g/mol. The molecule has 1 aliphatic carbocycles. The van der Waals surface area contributed by atoms with Gasteiger partial charge in [0.1, 0.15) is 0 Å². The summed E-state index contributed by atoms with van der Waals surface area (Å²) in [5.41, 5.74) is 1.30. The summed E-state index contributed by atoms with van der Waals surface area (Å²) in [6.45, 7) is 2.24. The lowest BCUT2D eigenvalue weighted by atomic mass is 10.4. The van der Waals surface area contributed by atoms with Crippen LogP contribution < -0.4 is 5.32 Å². The molecule has 0 aliphatic heterocycles. The van der Waals surface area contributed by atoms with Crippen LogP contribution in [0.5, 0.6) is 0 Å². The molecule has 17 heavy (non-hydrogen) atoms. The molecule has 0 unspecified atom stereocenters. The fraction of sp³-hybridized carbons (Fsp3) is 0.750. The Morgan fingerprint density at radius 3 is 3.12 bits per heavy atom. The lowest BCUT2D eigenvalue weighted by Gasteiger charge is -2.07. The standard InChI is InChI=1S/C12H21N3OS/c16-5-1-6-17-7-4-13-8-12-9-14-10-15(12)11-2-3-11/h9-11,13,16H,1-8H2. The number of nitrogens with zero attached hydrogens (tertiary/aromatic N) is 2. The van der Waals surface area contributed by atoms with E-state index >= 15 is 0 Å². The summed E-state index contributed by atoms with van der Waals surface area (Å²) >= 11 is 1.89. The minimum atomic E-state index is 0.307. The average Bonchev–Trinajstić information content (AvgIpc) is 3.08. The zero-order valence-electron chi connectivity index (χ0n) is 10.1. The number of thioether (sulfide) groups is 1. The second-order valence-corrected chi connectivity index (χ2v) is 5.61. The van der Waals surface area contributed by atoms with Crippen LogP contribution in [0, 0.1) is 0 Å². The smallest absolute Gasteiger partial charge is 0.0951 e. The largest absolute Gasteiger partial charge is 0.396 e. The maximum atomic E-state index is 8.64. The van der Waals surface area contributed by atoms with Crippen molar-refractivity contribution in [2.24, 2.45) is 0 Å². The zero-order valence-corrected chi connectivity index (χ0v) is 11.0. The van der Waals surface area contributed by atoms with Crippen LogP contribution in [0.1, 0.15) is 31.0 Å². The Hall–Kier alpha value is -0.520. The van der Waals surface area contributed by atoms with Crippen molar-refractivity contribution in [1.82, 2.24) is 14.9 Å². The van der Waals surface area contributed by atoms with Crippen LogP contribution in [-0.4, -0.2) is 39.3 Å². The third-order valence-electron chi connectivity index (χ3n) is 2.86. The van der Waals surface area contributed by atoms with Crippen molar-refractivity contribution < 1.29 is 5.11 Å². The van der Waals surface area contributed by atoms with E-state index in [1.54, 1.807) is 0 Å². The van der Waals surface area contributed by atoms with Crippen LogP contribution in [0.2, 0.25) is 0 Å². The molecule has 0 aromatic carbocycles. The first kappa shape index (κ1) is 12.9. The van der Waals surface area contributed by atoms with Crippen LogP contribution in [0.3, 0.4) is 0 Å². The van der Waals surface area contributed by atoms with Crippen molar-refractivity contribution in [2.75, 3.05) is 24.7 Å². The normalized spacial score (nSPS) is 15.4. The van der Waals surface area contributed by atoms with E-state index in [-0.39, 0.29) is 0 Å². The molecule has 1 saturated carbocycles. The van der Waals surface area contributed by atoms with E-state index in [1.807, 2.05) is 24.3 Å². The van der Waals surface area contributed by atoms with Gasteiger partial charge in [0, 0.05) is 37.7 Å². The maximum absolute atomic E-state index is 8.64. The zero-order chi connectivity index (χ0) is 11.9. The van der Waals surface area contributed by atoms with Crippen molar-refractivity contribution in [2.45, 2.75) is 31.8 Å². The molecule has 0 radical (unpaired) electrons. The molecule has 1 aromatic rings. The predicted octanol–water partition coefficient (Wildman–Crippen LogP) is 1.42. The lowest BCUT2D eigenvalue weighted by Crippen LogP contribution is -2.18. The number of nitrogens with one attached hydrogen (secondary N) is 1. The highest BCUT2D eigenvalue weighted by Crippen LogP contribution is 2.35. The third-order valence-corrected chi connectivity index (χ3v) is 3.93. The number of aliphatic hydroxyl groups excluding tert-OH is 1. The van der Waals surface area contributed by atoms with Gasteiger partial charge in [0.25, 0.3) is 0 Å². The van der Waals surface area contributed by atoms with E-state index in [1.165, 1.54) is 18.5 Å². The van der Waals surface area contributed by atoms with Crippen molar-refractivity contribution >= 4 is 11.8 Å². The van der Waals surface area contributed by atoms with E-state index in [2.05, 4.69) is 14.9 Å². The first-order valence-corrected chi connectivity index (χ1v) is 7.47. The van der Waals surface area contributed by atoms with Gasteiger partial charge in [-0.25, -0.2) is 4.98 Å². The molecule has 2 N–H and O–H groups in total. The predicted molar refractivity (Wildman–Crippen MR) is 71.2 cm³/mol. The first-order chi connectivity index (χ1) is 8.42. The van der Waals surface area contributed by atoms with E-state index in [0.29, 0.717) is 12.6 Å². The van der Waals surface area contributed by atoms with Gasteiger partial charge in [0.05, 0.1) is 12.0 Å². The second kappa shape index (κ2) is 7.03.